The fourth-order valence-corrected chi connectivity index (χ4v) is 3.69. The van der Waals surface area contributed by atoms with Crippen LogP contribution in [0.1, 0.15) is 26.7 Å². The van der Waals surface area contributed by atoms with Crippen molar-refractivity contribution in [2.45, 2.75) is 32.7 Å². The van der Waals surface area contributed by atoms with Gasteiger partial charge >= 0.3 is 0 Å². The molecule has 0 aliphatic carbocycles. The summed E-state index contributed by atoms with van der Waals surface area (Å²) in [5, 5.41) is 3.42. The molecule has 0 aromatic rings. The molecule has 4 heteroatoms. The van der Waals surface area contributed by atoms with Gasteiger partial charge in [0.05, 0.1) is 0 Å². The highest BCUT2D eigenvalue weighted by Gasteiger charge is 2.35. The van der Waals surface area contributed by atoms with Gasteiger partial charge in [0.15, 0.2) is 0 Å². The zero-order valence-corrected chi connectivity index (χ0v) is 13.0. The third kappa shape index (κ3) is 4.15. The number of hydrogen-bond donors (Lipinski definition) is 2. The number of piperazine rings is 1. The van der Waals surface area contributed by atoms with Crippen molar-refractivity contribution in [1.82, 2.24) is 15.1 Å². The lowest BCUT2D eigenvalue weighted by Crippen LogP contribution is -2.55. The van der Waals surface area contributed by atoms with E-state index in [0.717, 1.165) is 19.6 Å². The first-order valence-electron chi connectivity index (χ1n) is 7.86. The van der Waals surface area contributed by atoms with Crippen molar-refractivity contribution in [2.24, 2.45) is 17.1 Å². The van der Waals surface area contributed by atoms with Gasteiger partial charge in [-0.1, -0.05) is 13.8 Å². The van der Waals surface area contributed by atoms with Crippen molar-refractivity contribution in [3.63, 3.8) is 0 Å². The highest BCUT2D eigenvalue weighted by molar-refractivity contribution is 4.92. The van der Waals surface area contributed by atoms with Crippen LogP contribution in [0.25, 0.3) is 0 Å². The first-order chi connectivity index (χ1) is 8.99. The molecule has 19 heavy (non-hydrogen) atoms. The van der Waals surface area contributed by atoms with E-state index < -0.39 is 0 Å². The molecule has 0 aromatic heterocycles. The van der Waals surface area contributed by atoms with Crippen molar-refractivity contribution in [3.8, 4) is 0 Å². The van der Waals surface area contributed by atoms with E-state index in [1.165, 1.54) is 39.0 Å². The molecule has 2 saturated heterocycles. The molecule has 2 rings (SSSR count). The fourth-order valence-electron chi connectivity index (χ4n) is 3.69. The Morgan fingerprint density at radius 3 is 2.58 bits per heavy atom. The van der Waals surface area contributed by atoms with Crippen molar-refractivity contribution in [2.75, 3.05) is 52.9 Å². The van der Waals surface area contributed by atoms with Gasteiger partial charge in [0.2, 0.25) is 0 Å². The number of nitrogens with two attached hydrogens (primary N) is 1. The molecule has 2 atom stereocenters. The molecule has 0 saturated carbocycles. The Morgan fingerprint density at radius 1 is 1.26 bits per heavy atom. The van der Waals surface area contributed by atoms with Crippen molar-refractivity contribution < 1.29 is 0 Å². The molecular weight excluding hydrogens is 236 g/mol. The molecule has 0 amide bonds. The second-order valence-corrected chi connectivity index (χ2v) is 7.21. The first-order valence-corrected chi connectivity index (χ1v) is 7.86. The third-order valence-electron chi connectivity index (χ3n) is 4.91. The largest absolute Gasteiger partial charge is 0.327 e. The molecule has 3 N–H and O–H groups in total. The Morgan fingerprint density at radius 2 is 1.95 bits per heavy atom. The smallest absolute Gasteiger partial charge is 0.0143 e. The van der Waals surface area contributed by atoms with E-state index in [1.807, 2.05) is 0 Å². The van der Waals surface area contributed by atoms with Crippen LogP contribution in [0.3, 0.4) is 0 Å². The second kappa shape index (κ2) is 6.53. The number of likely N-dealkylation sites (tertiary alicyclic amines) is 1. The van der Waals surface area contributed by atoms with Gasteiger partial charge in [-0.3, -0.25) is 0 Å². The van der Waals surface area contributed by atoms with E-state index in [4.69, 9.17) is 5.73 Å². The Hall–Kier alpha value is -0.160. The van der Waals surface area contributed by atoms with Crippen LogP contribution in [0.15, 0.2) is 0 Å². The molecule has 112 valence electrons. The third-order valence-corrected chi connectivity index (χ3v) is 4.91. The fraction of sp³-hybridized carbons (Fsp3) is 1.00. The van der Waals surface area contributed by atoms with Crippen LogP contribution in [0.4, 0.5) is 0 Å². The van der Waals surface area contributed by atoms with E-state index in [1.54, 1.807) is 0 Å². The minimum atomic E-state index is 0.209. The Labute approximate surface area is 118 Å². The first kappa shape index (κ1) is 15.2. The predicted molar refractivity (Wildman–Crippen MR) is 81.3 cm³/mol. The van der Waals surface area contributed by atoms with Gasteiger partial charge in [0, 0.05) is 45.3 Å². The van der Waals surface area contributed by atoms with Crippen LogP contribution in [0.5, 0.6) is 0 Å². The average Bonchev–Trinajstić information content (AvgIpc) is 2.38. The lowest BCUT2D eigenvalue weighted by molar-refractivity contribution is 0.0863. The number of nitrogens with one attached hydrogen (secondary N) is 1. The summed E-state index contributed by atoms with van der Waals surface area (Å²) in [7, 11) is 2.22. The number of piperidine rings is 1. The molecule has 2 aliphatic rings. The van der Waals surface area contributed by atoms with Crippen LogP contribution in [0.2, 0.25) is 0 Å². The minimum absolute atomic E-state index is 0.209. The van der Waals surface area contributed by atoms with E-state index in [-0.39, 0.29) is 5.41 Å². The van der Waals surface area contributed by atoms with Crippen molar-refractivity contribution in [1.29, 1.82) is 0 Å². The average molecular weight is 268 g/mol. The van der Waals surface area contributed by atoms with Crippen LogP contribution in [-0.2, 0) is 0 Å². The lowest BCUT2D eigenvalue weighted by Gasteiger charge is -2.44. The van der Waals surface area contributed by atoms with Gasteiger partial charge in [-0.15, -0.1) is 0 Å². The van der Waals surface area contributed by atoms with Gasteiger partial charge < -0.3 is 20.9 Å². The Bertz CT molecular complexity index is 273. The number of nitrogens with zero attached hydrogens (tertiary/aromatic N) is 2. The van der Waals surface area contributed by atoms with Crippen molar-refractivity contribution >= 4 is 0 Å². The number of hydrogen-bond acceptors (Lipinski definition) is 4. The van der Waals surface area contributed by atoms with Gasteiger partial charge in [0.25, 0.3) is 0 Å². The highest BCUT2D eigenvalue weighted by atomic mass is 15.2. The Balaban J connectivity index is 1.89. The summed E-state index contributed by atoms with van der Waals surface area (Å²) in [4.78, 5) is 5.01. The molecule has 2 fully saturated rings. The summed E-state index contributed by atoms with van der Waals surface area (Å²) in [6.07, 6.45) is 2.61. The molecule has 2 unspecified atom stereocenters. The van der Waals surface area contributed by atoms with E-state index in [2.05, 4.69) is 36.0 Å². The zero-order valence-electron chi connectivity index (χ0n) is 13.0. The topological polar surface area (TPSA) is 44.5 Å². The van der Waals surface area contributed by atoms with Crippen LogP contribution in [-0.4, -0.2) is 68.7 Å². The quantitative estimate of drug-likeness (QED) is 0.783. The molecule has 2 heterocycles. The lowest BCUT2D eigenvalue weighted by atomic mass is 9.74. The van der Waals surface area contributed by atoms with Gasteiger partial charge in [0.1, 0.15) is 0 Å². The van der Waals surface area contributed by atoms with E-state index in [9.17, 15) is 0 Å². The normalized spacial score (nSPS) is 29.4. The summed E-state index contributed by atoms with van der Waals surface area (Å²) >= 11 is 0. The minimum Gasteiger partial charge on any atom is -0.327 e. The molecule has 0 radical (unpaired) electrons. The molecule has 0 spiro atoms. The SMILES string of the molecule is CN1CCCC(C(N)C(C)(C)CN2CCNCC2)C1. The highest BCUT2D eigenvalue weighted by Crippen LogP contribution is 2.30. The van der Waals surface area contributed by atoms with Gasteiger partial charge in [-0.05, 0) is 37.8 Å². The summed E-state index contributed by atoms with van der Waals surface area (Å²) in [6, 6.07) is 0.310. The standard InChI is InChI=1S/C15H32N4/c1-15(2,12-19-9-6-17-7-10-19)14(16)13-5-4-8-18(3)11-13/h13-14,17H,4-12,16H2,1-3H3. The Kier molecular flexibility index (Phi) is 5.23. The molecule has 2 aliphatic heterocycles. The summed E-state index contributed by atoms with van der Waals surface area (Å²) in [5.41, 5.74) is 6.85. The zero-order chi connectivity index (χ0) is 13.9. The number of rotatable bonds is 4. The van der Waals surface area contributed by atoms with Crippen LogP contribution < -0.4 is 11.1 Å². The van der Waals surface area contributed by atoms with Gasteiger partial charge in [-0.25, -0.2) is 0 Å². The monoisotopic (exact) mass is 268 g/mol. The maximum Gasteiger partial charge on any atom is 0.0143 e. The molecule has 0 bridgehead atoms. The van der Waals surface area contributed by atoms with Gasteiger partial charge in [-0.2, -0.15) is 0 Å². The van der Waals surface area contributed by atoms with Crippen molar-refractivity contribution in [3.05, 3.63) is 0 Å². The summed E-state index contributed by atoms with van der Waals surface area (Å²) in [5.74, 6) is 0.664. The van der Waals surface area contributed by atoms with E-state index in [0.29, 0.717) is 12.0 Å². The predicted octanol–water partition coefficient (Wildman–Crippen LogP) is 0.587. The van der Waals surface area contributed by atoms with Crippen LogP contribution >= 0.6 is 0 Å². The molecular formula is C15H32N4. The van der Waals surface area contributed by atoms with Crippen LogP contribution in [0, 0.1) is 11.3 Å². The second-order valence-electron chi connectivity index (χ2n) is 7.21. The molecule has 4 nitrogen and oxygen atoms in total. The maximum absolute atomic E-state index is 6.64. The maximum atomic E-state index is 6.64. The summed E-state index contributed by atoms with van der Waals surface area (Å²) in [6.45, 7) is 12.8. The van der Waals surface area contributed by atoms with E-state index >= 15 is 0 Å². The molecule has 0 aromatic carbocycles. The summed E-state index contributed by atoms with van der Waals surface area (Å²) < 4.78 is 0.